The Labute approximate surface area is 222 Å². The highest BCUT2D eigenvalue weighted by molar-refractivity contribution is 6.31. The molecule has 35 heavy (non-hydrogen) atoms. The number of halogens is 2. The minimum Gasteiger partial charge on any atom is -0.491 e. The minimum atomic E-state index is -0.296. The number of rotatable bonds is 7. The Bertz CT molecular complexity index is 1220. The molecule has 0 atom stereocenters. The summed E-state index contributed by atoms with van der Waals surface area (Å²) >= 11 is 13.3. The van der Waals surface area contributed by atoms with Gasteiger partial charge in [-0.15, -0.1) is 0 Å². The predicted octanol–water partition coefficient (Wildman–Crippen LogP) is 10.2. The lowest BCUT2D eigenvalue weighted by atomic mass is 9.71. The van der Waals surface area contributed by atoms with Crippen LogP contribution in [0.5, 0.6) is 5.75 Å². The normalized spacial score (nSPS) is 12.5. The molecule has 0 amide bonds. The Hall–Kier alpha value is -1.96. The molecule has 0 saturated carbocycles. The first-order chi connectivity index (χ1) is 16.2. The topological polar surface area (TPSA) is 9.23 Å². The molecule has 0 radical (unpaired) electrons. The highest BCUT2D eigenvalue weighted by atomic mass is 35.5. The summed E-state index contributed by atoms with van der Waals surface area (Å²) in [5.41, 5.74) is 8.07. The van der Waals surface area contributed by atoms with E-state index in [-0.39, 0.29) is 16.9 Å². The largest absolute Gasteiger partial charge is 0.491 e. The molecule has 3 aromatic rings. The van der Waals surface area contributed by atoms with Crippen molar-refractivity contribution >= 4 is 23.2 Å². The van der Waals surface area contributed by atoms with Crippen molar-refractivity contribution in [2.45, 2.75) is 92.1 Å². The van der Waals surface area contributed by atoms with Gasteiger partial charge in [-0.2, -0.15) is 0 Å². The van der Waals surface area contributed by atoms with Crippen LogP contribution in [0.2, 0.25) is 10.0 Å². The smallest absolute Gasteiger partial charge is 0.123 e. The van der Waals surface area contributed by atoms with E-state index in [1.807, 2.05) is 12.1 Å². The van der Waals surface area contributed by atoms with Crippen LogP contribution in [0.3, 0.4) is 0 Å². The average Bonchev–Trinajstić information content (AvgIpc) is 2.75. The number of ether oxygens (including phenoxy) is 1. The van der Waals surface area contributed by atoms with Gasteiger partial charge in [-0.25, -0.2) is 0 Å². The van der Waals surface area contributed by atoms with Gasteiger partial charge in [0, 0.05) is 20.9 Å². The zero-order valence-electron chi connectivity index (χ0n) is 22.9. The molecule has 0 spiro atoms. The number of aryl methyl sites for hydroxylation is 2. The highest BCUT2D eigenvalue weighted by Crippen LogP contribution is 2.44. The van der Waals surface area contributed by atoms with Crippen molar-refractivity contribution in [3.63, 3.8) is 0 Å². The Kier molecular flexibility index (Phi) is 8.04. The van der Waals surface area contributed by atoms with Crippen LogP contribution in [0.15, 0.2) is 48.5 Å². The van der Waals surface area contributed by atoms with E-state index in [9.17, 15) is 0 Å². The summed E-state index contributed by atoms with van der Waals surface area (Å²) in [5.74, 6) is 1.26. The molecule has 3 aromatic carbocycles. The Morgan fingerprint density at radius 3 is 1.80 bits per heavy atom. The second-order valence-electron chi connectivity index (χ2n) is 11.4. The first-order valence-corrected chi connectivity index (χ1v) is 13.3. The van der Waals surface area contributed by atoms with Gasteiger partial charge >= 0.3 is 0 Å². The maximum Gasteiger partial charge on any atom is 0.123 e. The van der Waals surface area contributed by atoms with Gasteiger partial charge in [0.25, 0.3) is 0 Å². The van der Waals surface area contributed by atoms with Crippen LogP contribution < -0.4 is 4.74 Å². The van der Waals surface area contributed by atoms with Crippen molar-refractivity contribution < 1.29 is 4.74 Å². The first-order valence-electron chi connectivity index (χ1n) is 12.5. The predicted molar refractivity (Wildman–Crippen MR) is 153 cm³/mol. The van der Waals surface area contributed by atoms with Gasteiger partial charge in [-0.05, 0) is 96.8 Å². The van der Waals surface area contributed by atoms with Crippen molar-refractivity contribution in [2.75, 3.05) is 0 Å². The van der Waals surface area contributed by atoms with Crippen LogP contribution in [-0.4, -0.2) is 6.10 Å². The van der Waals surface area contributed by atoms with Gasteiger partial charge in [0.1, 0.15) is 5.75 Å². The summed E-state index contributed by atoms with van der Waals surface area (Å²) in [6, 6.07) is 17.1. The Balaban J connectivity index is 2.14. The number of benzene rings is 3. The van der Waals surface area contributed by atoms with Gasteiger partial charge in [0.05, 0.1) is 6.10 Å². The molecule has 188 valence electrons. The molecule has 0 heterocycles. The van der Waals surface area contributed by atoms with Gasteiger partial charge in [-0.1, -0.05) is 89.0 Å². The van der Waals surface area contributed by atoms with Crippen LogP contribution in [-0.2, 0) is 10.8 Å². The third-order valence-corrected chi connectivity index (χ3v) is 7.77. The maximum absolute atomic E-state index is 6.94. The SMILES string of the molecule is Cc1cc(C(C)(C)c2cc(OC(C)C)c(C(C)C)cc2Cl)c(C)cc1C(C)(C)c1cccc(Cl)c1. The summed E-state index contributed by atoms with van der Waals surface area (Å²) in [6.07, 6.45) is 0.0987. The van der Waals surface area contributed by atoms with Gasteiger partial charge in [0.2, 0.25) is 0 Å². The Morgan fingerprint density at radius 2 is 1.29 bits per heavy atom. The van der Waals surface area contributed by atoms with E-state index >= 15 is 0 Å². The first kappa shape index (κ1) is 27.6. The lowest BCUT2D eigenvalue weighted by Crippen LogP contribution is -2.25. The van der Waals surface area contributed by atoms with Gasteiger partial charge < -0.3 is 4.74 Å². The lowest BCUT2D eigenvalue weighted by molar-refractivity contribution is 0.238. The van der Waals surface area contributed by atoms with Gasteiger partial charge in [-0.3, -0.25) is 0 Å². The van der Waals surface area contributed by atoms with Crippen LogP contribution >= 0.6 is 23.2 Å². The summed E-state index contributed by atoms with van der Waals surface area (Å²) in [4.78, 5) is 0. The second kappa shape index (κ2) is 10.2. The molecule has 0 aliphatic heterocycles. The molecule has 0 N–H and O–H groups in total. The molecule has 0 unspecified atom stereocenters. The molecule has 1 nitrogen and oxygen atoms in total. The van der Waals surface area contributed by atoms with E-state index in [2.05, 4.69) is 106 Å². The molecule has 3 heteroatoms. The standard InChI is InChI=1S/C32H40Cl2O/c1-19(2)25-17-29(34)28(18-30(25)35-20(3)4)32(9,10)27-15-21(5)26(14-22(27)6)31(7,8)23-12-11-13-24(33)16-23/h11-20H,1-10H3. The highest BCUT2D eigenvalue weighted by Gasteiger charge is 2.32. The third-order valence-electron chi connectivity index (χ3n) is 7.22. The van der Waals surface area contributed by atoms with Crippen molar-refractivity contribution in [1.29, 1.82) is 0 Å². The van der Waals surface area contributed by atoms with E-state index < -0.39 is 0 Å². The van der Waals surface area contributed by atoms with Crippen molar-refractivity contribution in [3.05, 3.63) is 97.5 Å². The second-order valence-corrected chi connectivity index (χ2v) is 12.3. The quantitative estimate of drug-likeness (QED) is 0.307. The van der Waals surface area contributed by atoms with Crippen LogP contribution in [0.1, 0.15) is 100 Å². The van der Waals surface area contributed by atoms with Gasteiger partial charge in [0.15, 0.2) is 0 Å². The van der Waals surface area contributed by atoms with Crippen molar-refractivity contribution in [1.82, 2.24) is 0 Å². The molecule has 0 aliphatic rings. The van der Waals surface area contributed by atoms with E-state index in [4.69, 9.17) is 27.9 Å². The fourth-order valence-corrected chi connectivity index (χ4v) is 5.79. The number of hydrogen-bond acceptors (Lipinski definition) is 1. The fourth-order valence-electron chi connectivity index (χ4n) is 5.20. The third kappa shape index (κ3) is 5.57. The molecule has 0 aliphatic carbocycles. The zero-order valence-corrected chi connectivity index (χ0v) is 24.4. The van der Waals surface area contributed by atoms with Crippen LogP contribution in [0, 0.1) is 13.8 Å². The summed E-state index contributed by atoms with van der Waals surface area (Å²) in [5, 5.41) is 1.55. The summed E-state index contributed by atoms with van der Waals surface area (Å²) in [7, 11) is 0. The Morgan fingerprint density at radius 1 is 0.714 bits per heavy atom. The summed E-state index contributed by atoms with van der Waals surface area (Å²) in [6.45, 7) is 21.9. The zero-order chi connectivity index (χ0) is 26.3. The van der Waals surface area contributed by atoms with Crippen LogP contribution in [0.4, 0.5) is 0 Å². The molecular formula is C32H40Cl2O. The van der Waals surface area contributed by atoms with E-state index in [0.717, 1.165) is 26.9 Å². The lowest BCUT2D eigenvalue weighted by Gasteiger charge is -2.34. The van der Waals surface area contributed by atoms with Crippen molar-refractivity contribution in [2.24, 2.45) is 0 Å². The molecule has 0 fully saturated rings. The maximum atomic E-state index is 6.94. The average molecular weight is 512 g/mol. The molecule has 0 aromatic heterocycles. The van der Waals surface area contributed by atoms with E-state index in [1.165, 1.54) is 27.8 Å². The van der Waals surface area contributed by atoms with E-state index in [1.54, 1.807) is 0 Å². The summed E-state index contributed by atoms with van der Waals surface area (Å²) < 4.78 is 6.24. The number of hydrogen-bond donors (Lipinski definition) is 0. The molecule has 3 rings (SSSR count). The molecule has 0 saturated heterocycles. The fraction of sp³-hybridized carbons (Fsp3) is 0.438. The molecular weight excluding hydrogens is 471 g/mol. The van der Waals surface area contributed by atoms with Crippen LogP contribution in [0.25, 0.3) is 0 Å². The molecule has 0 bridgehead atoms. The monoisotopic (exact) mass is 510 g/mol. The minimum absolute atomic E-state index is 0.0987. The van der Waals surface area contributed by atoms with E-state index in [0.29, 0.717) is 5.92 Å². The van der Waals surface area contributed by atoms with Crippen molar-refractivity contribution in [3.8, 4) is 5.75 Å².